The Morgan fingerprint density at radius 2 is 1.75 bits per heavy atom. The number of amides is 1. The SMILES string of the molecule is CC1CC(C)N(c2ccc(C#C[Si](C)(C)C)cc2)C1=O. The van der Waals surface area contributed by atoms with Crippen molar-refractivity contribution in [2.24, 2.45) is 5.92 Å². The molecular formula is C17H23NOSi. The number of hydrogen-bond donors (Lipinski definition) is 0. The van der Waals surface area contributed by atoms with Crippen LogP contribution in [0.25, 0.3) is 0 Å². The highest BCUT2D eigenvalue weighted by Crippen LogP contribution is 2.29. The molecule has 3 heteroatoms. The molecule has 0 aliphatic carbocycles. The van der Waals surface area contributed by atoms with E-state index in [1.54, 1.807) is 0 Å². The zero-order valence-electron chi connectivity index (χ0n) is 13.0. The Bertz CT molecular complexity index is 559. The lowest BCUT2D eigenvalue weighted by molar-refractivity contribution is -0.119. The summed E-state index contributed by atoms with van der Waals surface area (Å²) in [7, 11) is -1.34. The van der Waals surface area contributed by atoms with E-state index in [0.29, 0.717) is 0 Å². The van der Waals surface area contributed by atoms with Gasteiger partial charge in [0.2, 0.25) is 5.91 Å². The quantitative estimate of drug-likeness (QED) is 0.569. The molecule has 1 aliphatic rings. The maximum absolute atomic E-state index is 12.2. The third kappa shape index (κ3) is 3.32. The lowest BCUT2D eigenvalue weighted by atomic mass is 10.1. The molecule has 1 heterocycles. The summed E-state index contributed by atoms with van der Waals surface area (Å²) in [5.41, 5.74) is 5.38. The molecule has 1 fully saturated rings. The Morgan fingerprint density at radius 1 is 1.15 bits per heavy atom. The largest absolute Gasteiger partial charge is 0.309 e. The van der Waals surface area contributed by atoms with Crippen LogP contribution in [0.2, 0.25) is 19.6 Å². The number of carbonyl (C=O) groups excluding carboxylic acids is 1. The van der Waals surface area contributed by atoms with Crippen molar-refractivity contribution in [2.45, 2.75) is 46.0 Å². The zero-order valence-corrected chi connectivity index (χ0v) is 14.0. The second kappa shape index (κ2) is 5.45. The van der Waals surface area contributed by atoms with E-state index in [0.717, 1.165) is 17.7 Å². The first-order valence-corrected chi connectivity index (χ1v) is 10.7. The molecule has 2 nitrogen and oxygen atoms in total. The molecule has 2 atom stereocenters. The summed E-state index contributed by atoms with van der Waals surface area (Å²) >= 11 is 0. The van der Waals surface area contributed by atoms with Gasteiger partial charge >= 0.3 is 0 Å². The summed E-state index contributed by atoms with van der Waals surface area (Å²) in [4.78, 5) is 14.1. The van der Waals surface area contributed by atoms with Crippen molar-refractivity contribution in [1.29, 1.82) is 0 Å². The third-order valence-corrected chi connectivity index (χ3v) is 4.40. The predicted octanol–water partition coefficient (Wildman–Crippen LogP) is 3.68. The van der Waals surface area contributed by atoms with E-state index in [2.05, 4.69) is 38.0 Å². The van der Waals surface area contributed by atoms with Crippen LogP contribution in [0, 0.1) is 17.4 Å². The molecule has 1 saturated heterocycles. The van der Waals surface area contributed by atoms with Crippen LogP contribution in [0.4, 0.5) is 5.69 Å². The van der Waals surface area contributed by atoms with Gasteiger partial charge in [0, 0.05) is 23.2 Å². The van der Waals surface area contributed by atoms with Gasteiger partial charge in [0.1, 0.15) is 8.07 Å². The molecule has 2 rings (SSSR count). The average molecular weight is 285 g/mol. The Balaban J connectivity index is 2.20. The van der Waals surface area contributed by atoms with Crippen molar-refractivity contribution >= 4 is 19.7 Å². The fourth-order valence-electron chi connectivity index (χ4n) is 2.52. The molecule has 1 amide bonds. The minimum Gasteiger partial charge on any atom is -0.309 e. The van der Waals surface area contributed by atoms with Gasteiger partial charge in [-0.05, 0) is 37.6 Å². The van der Waals surface area contributed by atoms with Gasteiger partial charge in [-0.1, -0.05) is 32.5 Å². The zero-order chi connectivity index (χ0) is 14.9. The van der Waals surface area contributed by atoms with Gasteiger partial charge in [-0.25, -0.2) is 0 Å². The number of benzene rings is 1. The first kappa shape index (κ1) is 14.9. The van der Waals surface area contributed by atoms with Crippen LogP contribution in [-0.2, 0) is 4.79 Å². The molecule has 20 heavy (non-hydrogen) atoms. The smallest absolute Gasteiger partial charge is 0.230 e. The van der Waals surface area contributed by atoms with Crippen molar-refractivity contribution in [1.82, 2.24) is 0 Å². The summed E-state index contributed by atoms with van der Waals surface area (Å²) in [5, 5.41) is 0. The first-order chi connectivity index (χ1) is 9.28. The molecule has 106 valence electrons. The van der Waals surface area contributed by atoms with Gasteiger partial charge in [0.15, 0.2) is 0 Å². The summed E-state index contributed by atoms with van der Waals surface area (Å²) < 4.78 is 0. The summed E-state index contributed by atoms with van der Waals surface area (Å²) in [6, 6.07) is 8.36. The average Bonchev–Trinajstić information content (AvgIpc) is 2.61. The minimum atomic E-state index is -1.34. The standard InChI is InChI=1S/C17H23NOSi/c1-13-12-14(2)18(17(13)19)16-8-6-15(7-9-16)10-11-20(3,4)5/h6-9,13-14H,12H2,1-5H3. The van der Waals surface area contributed by atoms with Crippen LogP contribution in [0.5, 0.6) is 0 Å². The topological polar surface area (TPSA) is 20.3 Å². The van der Waals surface area contributed by atoms with Crippen molar-refractivity contribution in [3.8, 4) is 11.5 Å². The van der Waals surface area contributed by atoms with E-state index in [-0.39, 0.29) is 17.9 Å². The second-order valence-electron chi connectivity index (χ2n) is 6.74. The molecule has 1 aromatic rings. The minimum absolute atomic E-state index is 0.136. The van der Waals surface area contributed by atoms with E-state index >= 15 is 0 Å². The summed E-state index contributed by atoms with van der Waals surface area (Å²) in [6.07, 6.45) is 0.940. The Kier molecular flexibility index (Phi) is 4.05. The first-order valence-electron chi connectivity index (χ1n) is 7.24. The molecule has 0 radical (unpaired) electrons. The van der Waals surface area contributed by atoms with Crippen LogP contribution in [-0.4, -0.2) is 20.0 Å². The highest BCUT2D eigenvalue weighted by Gasteiger charge is 2.34. The Morgan fingerprint density at radius 3 is 2.20 bits per heavy atom. The Hall–Kier alpha value is -1.53. The maximum Gasteiger partial charge on any atom is 0.230 e. The van der Waals surface area contributed by atoms with Gasteiger partial charge in [-0.3, -0.25) is 4.79 Å². The predicted molar refractivity (Wildman–Crippen MR) is 87.4 cm³/mol. The maximum atomic E-state index is 12.2. The summed E-state index contributed by atoms with van der Waals surface area (Å²) in [5.74, 6) is 3.61. The molecule has 0 N–H and O–H groups in total. The van der Waals surface area contributed by atoms with Crippen molar-refractivity contribution in [3.63, 3.8) is 0 Å². The van der Waals surface area contributed by atoms with Crippen LogP contribution < -0.4 is 4.90 Å². The number of rotatable bonds is 1. The van der Waals surface area contributed by atoms with E-state index < -0.39 is 8.07 Å². The number of carbonyl (C=O) groups is 1. The Labute approximate surface area is 123 Å². The van der Waals surface area contributed by atoms with Gasteiger partial charge < -0.3 is 4.90 Å². The van der Waals surface area contributed by atoms with Crippen molar-refractivity contribution in [2.75, 3.05) is 4.90 Å². The fraction of sp³-hybridized carbons (Fsp3) is 0.471. The van der Waals surface area contributed by atoms with E-state index in [1.165, 1.54) is 0 Å². The van der Waals surface area contributed by atoms with Gasteiger partial charge in [-0.15, -0.1) is 5.54 Å². The monoisotopic (exact) mass is 285 g/mol. The molecule has 1 aromatic carbocycles. The fourth-order valence-corrected chi connectivity index (χ4v) is 3.04. The van der Waals surface area contributed by atoms with Gasteiger partial charge in [0.25, 0.3) is 0 Å². The van der Waals surface area contributed by atoms with Gasteiger partial charge in [0.05, 0.1) is 0 Å². The van der Waals surface area contributed by atoms with Crippen LogP contribution in [0.3, 0.4) is 0 Å². The van der Waals surface area contributed by atoms with Crippen LogP contribution in [0.15, 0.2) is 24.3 Å². The van der Waals surface area contributed by atoms with E-state index in [9.17, 15) is 4.79 Å². The van der Waals surface area contributed by atoms with Gasteiger partial charge in [-0.2, -0.15) is 0 Å². The molecule has 0 aromatic heterocycles. The molecule has 0 spiro atoms. The number of anilines is 1. The van der Waals surface area contributed by atoms with E-state index in [1.807, 2.05) is 36.1 Å². The molecule has 0 bridgehead atoms. The normalized spacial score (nSPS) is 22.6. The number of hydrogen-bond acceptors (Lipinski definition) is 1. The van der Waals surface area contributed by atoms with Crippen LogP contribution in [0.1, 0.15) is 25.8 Å². The molecule has 1 aliphatic heterocycles. The highest BCUT2D eigenvalue weighted by atomic mass is 28.3. The molecule has 2 unspecified atom stereocenters. The molecular weight excluding hydrogens is 262 g/mol. The lowest BCUT2D eigenvalue weighted by Gasteiger charge is -2.21. The molecule has 0 saturated carbocycles. The lowest BCUT2D eigenvalue weighted by Crippen LogP contribution is -2.31. The number of nitrogens with zero attached hydrogens (tertiary/aromatic N) is 1. The summed E-state index contributed by atoms with van der Waals surface area (Å²) in [6.45, 7) is 10.8. The second-order valence-corrected chi connectivity index (χ2v) is 11.5. The van der Waals surface area contributed by atoms with Crippen molar-refractivity contribution < 1.29 is 4.79 Å². The van der Waals surface area contributed by atoms with Crippen LogP contribution >= 0.6 is 0 Å². The van der Waals surface area contributed by atoms with Crippen molar-refractivity contribution in [3.05, 3.63) is 29.8 Å². The third-order valence-electron chi connectivity index (χ3n) is 3.52. The highest BCUT2D eigenvalue weighted by molar-refractivity contribution is 6.83. The van der Waals surface area contributed by atoms with E-state index in [4.69, 9.17) is 0 Å².